The summed E-state index contributed by atoms with van der Waals surface area (Å²) < 4.78 is 0. The molecule has 0 saturated carbocycles. The summed E-state index contributed by atoms with van der Waals surface area (Å²) in [6, 6.07) is 5.69. The van der Waals surface area contributed by atoms with E-state index in [1.54, 1.807) is 0 Å². The molecular formula is C11H16N4. The topological polar surface area (TPSA) is 67.6 Å². The predicted octanol–water partition coefficient (Wildman–Crippen LogP) is 0.933. The molecule has 0 spiro atoms. The molecule has 0 atom stereocenters. The van der Waals surface area contributed by atoms with E-state index in [4.69, 9.17) is 11.5 Å². The second-order valence-electron chi connectivity index (χ2n) is 3.63. The monoisotopic (exact) mass is 204 g/mol. The van der Waals surface area contributed by atoms with Crippen molar-refractivity contribution < 1.29 is 0 Å². The third kappa shape index (κ3) is 1.75. The van der Waals surface area contributed by atoms with E-state index in [-0.39, 0.29) is 0 Å². The molecule has 1 aromatic carbocycles. The summed E-state index contributed by atoms with van der Waals surface area (Å²) in [5, 5.41) is 0. The number of likely N-dealkylation sites (N-methyl/N-ethyl adjacent to an activating group) is 1. The highest BCUT2D eigenvalue weighted by Gasteiger charge is 2.16. The predicted molar refractivity (Wildman–Crippen MR) is 63.9 cm³/mol. The first-order chi connectivity index (χ1) is 7.22. The number of anilines is 2. The summed E-state index contributed by atoms with van der Waals surface area (Å²) in [6.45, 7) is 4.97. The first kappa shape index (κ1) is 9.83. The summed E-state index contributed by atoms with van der Waals surface area (Å²) in [5.41, 5.74) is 13.8. The highest BCUT2D eigenvalue weighted by molar-refractivity contribution is 6.01. The van der Waals surface area contributed by atoms with Gasteiger partial charge in [-0.2, -0.15) is 0 Å². The summed E-state index contributed by atoms with van der Waals surface area (Å²) in [7, 11) is 0. The van der Waals surface area contributed by atoms with Crippen LogP contribution >= 0.6 is 0 Å². The molecule has 4 nitrogen and oxygen atoms in total. The van der Waals surface area contributed by atoms with Gasteiger partial charge in [0.2, 0.25) is 0 Å². The van der Waals surface area contributed by atoms with Crippen molar-refractivity contribution in [3.63, 3.8) is 0 Å². The van der Waals surface area contributed by atoms with Gasteiger partial charge in [-0.05, 0) is 25.1 Å². The maximum atomic E-state index is 5.78. The van der Waals surface area contributed by atoms with Gasteiger partial charge in [0.25, 0.3) is 0 Å². The Kier molecular flexibility index (Phi) is 2.49. The van der Waals surface area contributed by atoms with Gasteiger partial charge in [0.1, 0.15) is 5.84 Å². The molecule has 1 aromatic rings. The zero-order valence-electron chi connectivity index (χ0n) is 8.90. The lowest BCUT2D eigenvalue weighted by Gasteiger charge is -2.18. The fourth-order valence-corrected chi connectivity index (χ4v) is 1.78. The average molecular weight is 204 g/mol. The molecule has 1 heterocycles. The molecule has 4 heteroatoms. The van der Waals surface area contributed by atoms with Crippen LogP contribution in [0.5, 0.6) is 0 Å². The van der Waals surface area contributed by atoms with E-state index in [9.17, 15) is 0 Å². The van der Waals surface area contributed by atoms with E-state index in [2.05, 4.69) is 16.8 Å². The zero-order valence-corrected chi connectivity index (χ0v) is 8.90. The molecule has 0 saturated heterocycles. The first-order valence-electron chi connectivity index (χ1n) is 5.17. The fourth-order valence-electron chi connectivity index (χ4n) is 1.78. The molecule has 4 N–H and O–H groups in total. The van der Waals surface area contributed by atoms with Crippen LogP contribution in [0.15, 0.2) is 23.2 Å². The molecule has 0 aromatic heterocycles. The largest absolute Gasteiger partial charge is 0.397 e. The maximum absolute atomic E-state index is 5.78. The molecule has 0 unspecified atom stereocenters. The van der Waals surface area contributed by atoms with Gasteiger partial charge in [-0.25, -0.2) is 0 Å². The van der Waals surface area contributed by atoms with Gasteiger partial charge >= 0.3 is 0 Å². The second kappa shape index (κ2) is 3.81. The van der Waals surface area contributed by atoms with Gasteiger partial charge in [0.05, 0.1) is 17.9 Å². The number of hydrogen-bond donors (Lipinski definition) is 2. The van der Waals surface area contributed by atoms with Crippen molar-refractivity contribution in [2.45, 2.75) is 6.92 Å². The van der Waals surface area contributed by atoms with E-state index in [1.165, 1.54) is 0 Å². The van der Waals surface area contributed by atoms with Gasteiger partial charge in [-0.3, -0.25) is 4.99 Å². The van der Waals surface area contributed by atoms with Crippen LogP contribution < -0.4 is 11.5 Å². The Hall–Kier alpha value is -1.71. The standard InChI is InChI=1S/C11H16N4/c1-2-15-6-5-14-11(15)8-3-4-9(12)10(13)7-8/h3-4,7H,2,5-6,12-13H2,1H3. The summed E-state index contributed by atoms with van der Waals surface area (Å²) in [5.74, 6) is 1.03. The quantitative estimate of drug-likeness (QED) is 0.704. The molecule has 0 bridgehead atoms. The van der Waals surface area contributed by atoms with E-state index in [0.717, 1.165) is 31.0 Å². The minimum Gasteiger partial charge on any atom is -0.397 e. The van der Waals surface area contributed by atoms with Crippen molar-refractivity contribution in [1.29, 1.82) is 0 Å². The van der Waals surface area contributed by atoms with E-state index < -0.39 is 0 Å². The third-order valence-electron chi connectivity index (χ3n) is 2.66. The number of nitrogens with zero attached hydrogens (tertiary/aromatic N) is 2. The Morgan fingerprint density at radius 1 is 1.33 bits per heavy atom. The second-order valence-corrected chi connectivity index (χ2v) is 3.63. The van der Waals surface area contributed by atoms with Crippen LogP contribution in [0.2, 0.25) is 0 Å². The van der Waals surface area contributed by atoms with Crippen LogP contribution in [0, 0.1) is 0 Å². The van der Waals surface area contributed by atoms with Crippen LogP contribution in [-0.4, -0.2) is 30.4 Å². The van der Waals surface area contributed by atoms with Crippen molar-refractivity contribution in [1.82, 2.24) is 4.90 Å². The highest BCUT2D eigenvalue weighted by Crippen LogP contribution is 2.19. The summed E-state index contributed by atoms with van der Waals surface area (Å²) in [4.78, 5) is 6.72. The smallest absolute Gasteiger partial charge is 0.131 e. The molecule has 1 aliphatic rings. The van der Waals surface area contributed by atoms with Crippen LogP contribution in [0.25, 0.3) is 0 Å². The normalized spacial score (nSPS) is 15.5. The lowest BCUT2D eigenvalue weighted by Crippen LogP contribution is -2.28. The first-order valence-corrected chi connectivity index (χ1v) is 5.17. The number of amidine groups is 1. The molecule has 1 aliphatic heterocycles. The van der Waals surface area contributed by atoms with Crippen LogP contribution in [0.1, 0.15) is 12.5 Å². The summed E-state index contributed by atoms with van der Waals surface area (Å²) >= 11 is 0. The maximum Gasteiger partial charge on any atom is 0.131 e. The van der Waals surface area contributed by atoms with Gasteiger partial charge < -0.3 is 16.4 Å². The van der Waals surface area contributed by atoms with Crippen molar-refractivity contribution in [2.24, 2.45) is 4.99 Å². The minimum absolute atomic E-state index is 0.623. The van der Waals surface area contributed by atoms with E-state index >= 15 is 0 Å². The molecule has 0 aliphatic carbocycles. The Labute approximate surface area is 89.6 Å². The van der Waals surface area contributed by atoms with Gasteiger partial charge in [-0.15, -0.1) is 0 Å². The molecule has 0 amide bonds. The lowest BCUT2D eigenvalue weighted by atomic mass is 10.1. The number of rotatable bonds is 2. The number of benzene rings is 1. The fraction of sp³-hybridized carbons (Fsp3) is 0.364. The Morgan fingerprint density at radius 2 is 2.13 bits per heavy atom. The molecule has 15 heavy (non-hydrogen) atoms. The average Bonchev–Trinajstić information content (AvgIpc) is 2.70. The van der Waals surface area contributed by atoms with Gasteiger partial charge in [0.15, 0.2) is 0 Å². The van der Waals surface area contributed by atoms with Crippen molar-refractivity contribution in [3.8, 4) is 0 Å². The molecule has 0 fully saturated rings. The van der Waals surface area contributed by atoms with Gasteiger partial charge in [-0.1, -0.05) is 0 Å². The third-order valence-corrected chi connectivity index (χ3v) is 2.66. The number of hydrogen-bond acceptors (Lipinski definition) is 4. The number of aliphatic imine (C=N–C) groups is 1. The van der Waals surface area contributed by atoms with Crippen molar-refractivity contribution in [2.75, 3.05) is 31.1 Å². The van der Waals surface area contributed by atoms with E-state index in [0.29, 0.717) is 11.4 Å². The number of nitrogens with two attached hydrogens (primary N) is 2. The molecule has 80 valence electrons. The number of nitrogen functional groups attached to an aromatic ring is 2. The highest BCUT2D eigenvalue weighted by atomic mass is 15.2. The lowest BCUT2D eigenvalue weighted by molar-refractivity contribution is 0.484. The van der Waals surface area contributed by atoms with Gasteiger partial charge in [0, 0.05) is 18.7 Å². The van der Waals surface area contributed by atoms with Crippen LogP contribution in [0.4, 0.5) is 11.4 Å². The Morgan fingerprint density at radius 3 is 2.80 bits per heavy atom. The molecular weight excluding hydrogens is 188 g/mol. The Bertz CT molecular complexity index is 398. The van der Waals surface area contributed by atoms with Crippen molar-refractivity contribution >= 4 is 17.2 Å². The SMILES string of the molecule is CCN1CCN=C1c1ccc(N)c(N)c1. The minimum atomic E-state index is 0.623. The van der Waals surface area contributed by atoms with Crippen LogP contribution in [0.3, 0.4) is 0 Å². The Balaban J connectivity index is 2.33. The summed E-state index contributed by atoms with van der Waals surface area (Å²) in [6.07, 6.45) is 0. The molecule has 0 radical (unpaired) electrons. The zero-order chi connectivity index (χ0) is 10.8. The van der Waals surface area contributed by atoms with Crippen molar-refractivity contribution in [3.05, 3.63) is 23.8 Å². The van der Waals surface area contributed by atoms with E-state index in [1.807, 2.05) is 18.2 Å². The molecule has 2 rings (SSSR count). The van der Waals surface area contributed by atoms with Crippen LogP contribution in [-0.2, 0) is 0 Å².